The van der Waals surface area contributed by atoms with E-state index in [0.29, 0.717) is 12.5 Å². The van der Waals surface area contributed by atoms with Crippen LogP contribution in [-0.4, -0.2) is 18.7 Å². The van der Waals surface area contributed by atoms with Gasteiger partial charge in [-0.05, 0) is 61.1 Å². The predicted octanol–water partition coefficient (Wildman–Crippen LogP) is 4.42. The lowest BCUT2D eigenvalue weighted by Gasteiger charge is -2.13. The summed E-state index contributed by atoms with van der Waals surface area (Å²) < 4.78 is 11.4. The second kappa shape index (κ2) is 6.65. The summed E-state index contributed by atoms with van der Waals surface area (Å²) in [5.74, 6) is 1.66. The Bertz CT molecular complexity index is 691. The van der Waals surface area contributed by atoms with Gasteiger partial charge in [-0.1, -0.05) is 18.2 Å². The first-order chi connectivity index (χ1) is 10.8. The molecule has 0 aliphatic heterocycles. The molecule has 1 aliphatic carbocycles. The lowest BCUT2D eigenvalue weighted by molar-refractivity contribution is 0.347. The van der Waals surface area contributed by atoms with Crippen molar-refractivity contribution in [3.05, 3.63) is 59.3 Å². The fraction of sp³-hybridized carbons (Fsp3) is 0.316. The van der Waals surface area contributed by atoms with E-state index >= 15 is 0 Å². The topological polar surface area (TPSA) is 31.4 Å². The minimum Gasteiger partial charge on any atom is -0.489 e. The third-order valence-electron chi connectivity index (χ3n) is 4.12. The summed E-state index contributed by atoms with van der Waals surface area (Å²) in [6.45, 7) is 2.71. The SMILES string of the molecule is COc1ncccc1C1=C(COc2ccccc2C)CCC1. The summed E-state index contributed by atoms with van der Waals surface area (Å²) in [5, 5.41) is 0. The first kappa shape index (κ1) is 14.6. The van der Waals surface area contributed by atoms with Gasteiger partial charge in [-0.2, -0.15) is 0 Å². The number of nitrogens with zero attached hydrogens (tertiary/aromatic N) is 1. The molecule has 0 fully saturated rings. The fourth-order valence-corrected chi connectivity index (χ4v) is 2.96. The van der Waals surface area contributed by atoms with Crippen LogP contribution in [0.2, 0.25) is 0 Å². The number of rotatable bonds is 5. The number of aryl methyl sites for hydroxylation is 1. The molecule has 22 heavy (non-hydrogen) atoms. The fourth-order valence-electron chi connectivity index (χ4n) is 2.96. The summed E-state index contributed by atoms with van der Waals surface area (Å²) >= 11 is 0. The number of allylic oxidation sites excluding steroid dienone is 1. The Kier molecular flexibility index (Phi) is 4.42. The van der Waals surface area contributed by atoms with Crippen LogP contribution in [0.1, 0.15) is 30.4 Å². The highest BCUT2D eigenvalue weighted by molar-refractivity contribution is 5.73. The van der Waals surface area contributed by atoms with Crippen LogP contribution in [0.4, 0.5) is 0 Å². The number of hydrogen-bond acceptors (Lipinski definition) is 3. The van der Waals surface area contributed by atoms with Gasteiger partial charge in [0.05, 0.1) is 7.11 Å². The molecule has 3 heteroatoms. The average molecular weight is 295 g/mol. The molecule has 1 heterocycles. The summed E-state index contributed by atoms with van der Waals surface area (Å²) in [4.78, 5) is 4.31. The molecule has 3 rings (SSSR count). The zero-order valence-electron chi connectivity index (χ0n) is 13.1. The first-order valence-corrected chi connectivity index (χ1v) is 7.68. The Balaban J connectivity index is 1.84. The van der Waals surface area contributed by atoms with Crippen molar-refractivity contribution in [1.29, 1.82) is 0 Å². The van der Waals surface area contributed by atoms with E-state index in [9.17, 15) is 0 Å². The van der Waals surface area contributed by atoms with Crippen LogP contribution in [0.15, 0.2) is 48.2 Å². The van der Waals surface area contributed by atoms with Crippen LogP contribution < -0.4 is 9.47 Å². The van der Waals surface area contributed by atoms with Crippen LogP contribution in [0.3, 0.4) is 0 Å². The molecule has 0 N–H and O–H groups in total. The number of para-hydroxylation sites is 1. The van der Waals surface area contributed by atoms with Gasteiger partial charge in [0.15, 0.2) is 0 Å². The normalized spacial score (nSPS) is 14.3. The maximum atomic E-state index is 6.03. The highest BCUT2D eigenvalue weighted by atomic mass is 16.5. The van der Waals surface area contributed by atoms with Crippen molar-refractivity contribution in [3.63, 3.8) is 0 Å². The maximum absolute atomic E-state index is 6.03. The molecule has 1 aliphatic rings. The molecular formula is C19H21NO2. The average Bonchev–Trinajstić information content (AvgIpc) is 3.02. The van der Waals surface area contributed by atoms with Crippen molar-refractivity contribution in [1.82, 2.24) is 4.98 Å². The number of methoxy groups -OCH3 is 1. The minimum atomic E-state index is 0.637. The molecule has 114 valence electrons. The van der Waals surface area contributed by atoms with Gasteiger partial charge in [-0.3, -0.25) is 0 Å². The van der Waals surface area contributed by atoms with E-state index in [-0.39, 0.29) is 0 Å². The highest BCUT2D eigenvalue weighted by Gasteiger charge is 2.20. The smallest absolute Gasteiger partial charge is 0.220 e. The van der Waals surface area contributed by atoms with E-state index in [1.165, 1.54) is 23.1 Å². The van der Waals surface area contributed by atoms with Crippen molar-refractivity contribution in [2.45, 2.75) is 26.2 Å². The van der Waals surface area contributed by atoms with E-state index in [1.807, 2.05) is 24.3 Å². The van der Waals surface area contributed by atoms with Gasteiger partial charge in [-0.25, -0.2) is 4.98 Å². The zero-order chi connectivity index (χ0) is 15.4. The molecule has 0 spiro atoms. The monoisotopic (exact) mass is 295 g/mol. The molecule has 0 bridgehead atoms. The summed E-state index contributed by atoms with van der Waals surface area (Å²) in [5.41, 5.74) is 4.96. The van der Waals surface area contributed by atoms with Gasteiger partial charge in [0.2, 0.25) is 5.88 Å². The standard InChI is InChI=1S/C19H21NO2/c1-14-7-3-4-11-18(14)22-13-15-8-5-9-16(15)17-10-6-12-20-19(17)21-2/h3-4,6-7,10-12H,5,8-9,13H2,1-2H3. The number of ether oxygens (including phenoxy) is 2. The Morgan fingerprint density at radius 1 is 1.09 bits per heavy atom. The van der Waals surface area contributed by atoms with Gasteiger partial charge in [0, 0.05) is 11.8 Å². The van der Waals surface area contributed by atoms with Crippen LogP contribution in [0.25, 0.3) is 5.57 Å². The second-order valence-corrected chi connectivity index (χ2v) is 5.55. The molecule has 0 unspecified atom stereocenters. The third-order valence-corrected chi connectivity index (χ3v) is 4.12. The molecule has 2 aromatic rings. The third kappa shape index (κ3) is 2.98. The molecule has 1 aromatic heterocycles. The van der Waals surface area contributed by atoms with Gasteiger partial charge in [-0.15, -0.1) is 0 Å². The molecule has 0 amide bonds. The van der Waals surface area contributed by atoms with Crippen LogP contribution in [0.5, 0.6) is 11.6 Å². The van der Waals surface area contributed by atoms with E-state index < -0.39 is 0 Å². The lowest BCUT2D eigenvalue weighted by Crippen LogP contribution is -2.03. The van der Waals surface area contributed by atoms with Gasteiger partial charge in [0.1, 0.15) is 12.4 Å². The van der Waals surface area contributed by atoms with Crippen molar-refractivity contribution in [2.24, 2.45) is 0 Å². The van der Waals surface area contributed by atoms with E-state index in [2.05, 4.69) is 24.0 Å². The summed E-state index contributed by atoms with van der Waals surface area (Å²) in [6.07, 6.45) is 5.08. The molecular weight excluding hydrogens is 274 g/mol. The molecule has 0 saturated heterocycles. The largest absolute Gasteiger partial charge is 0.489 e. The van der Waals surface area contributed by atoms with Crippen LogP contribution >= 0.6 is 0 Å². The van der Waals surface area contributed by atoms with E-state index in [1.54, 1.807) is 13.3 Å². The second-order valence-electron chi connectivity index (χ2n) is 5.55. The number of pyridine rings is 1. The Hall–Kier alpha value is -2.29. The predicted molar refractivity (Wildman–Crippen MR) is 88.2 cm³/mol. The van der Waals surface area contributed by atoms with Gasteiger partial charge in [0.25, 0.3) is 0 Å². The molecule has 3 nitrogen and oxygen atoms in total. The zero-order valence-corrected chi connectivity index (χ0v) is 13.1. The van der Waals surface area contributed by atoms with Gasteiger partial charge >= 0.3 is 0 Å². The first-order valence-electron chi connectivity index (χ1n) is 7.68. The quantitative estimate of drug-likeness (QED) is 0.818. The Morgan fingerprint density at radius 2 is 1.95 bits per heavy atom. The van der Waals surface area contributed by atoms with E-state index in [4.69, 9.17) is 9.47 Å². The van der Waals surface area contributed by atoms with Crippen LogP contribution in [-0.2, 0) is 0 Å². The number of hydrogen-bond donors (Lipinski definition) is 0. The van der Waals surface area contributed by atoms with Crippen molar-refractivity contribution < 1.29 is 9.47 Å². The summed E-state index contributed by atoms with van der Waals surface area (Å²) in [7, 11) is 1.67. The van der Waals surface area contributed by atoms with Crippen molar-refractivity contribution >= 4 is 5.57 Å². The number of benzene rings is 1. The summed E-state index contributed by atoms with van der Waals surface area (Å²) in [6, 6.07) is 12.2. The van der Waals surface area contributed by atoms with E-state index in [0.717, 1.165) is 24.2 Å². The van der Waals surface area contributed by atoms with Crippen LogP contribution in [0, 0.1) is 6.92 Å². The molecule has 1 aromatic carbocycles. The Labute approximate surface area is 131 Å². The molecule has 0 saturated carbocycles. The van der Waals surface area contributed by atoms with Crippen molar-refractivity contribution in [3.8, 4) is 11.6 Å². The Morgan fingerprint density at radius 3 is 2.77 bits per heavy atom. The molecule has 0 atom stereocenters. The number of aromatic nitrogens is 1. The maximum Gasteiger partial charge on any atom is 0.220 e. The van der Waals surface area contributed by atoms with Crippen molar-refractivity contribution in [2.75, 3.05) is 13.7 Å². The lowest BCUT2D eigenvalue weighted by atomic mass is 10.0. The van der Waals surface area contributed by atoms with Gasteiger partial charge < -0.3 is 9.47 Å². The highest BCUT2D eigenvalue weighted by Crippen LogP contribution is 2.37. The minimum absolute atomic E-state index is 0.637. The molecule has 0 radical (unpaired) electrons.